The normalized spacial score (nSPS) is 15.2. The molecule has 0 spiro atoms. The molecule has 0 aliphatic carbocycles. The smallest absolute Gasteiger partial charge is 0.253 e. The first-order valence-corrected chi connectivity index (χ1v) is 12.2. The molecule has 2 aromatic carbocycles. The van der Waals surface area contributed by atoms with Crippen molar-refractivity contribution in [1.29, 1.82) is 0 Å². The predicted octanol–water partition coefficient (Wildman–Crippen LogP) is 3.90. The van der Waals surface area contributed by atoms with Crippen LogP contribution in [-0.2, 0) is 10.0 Å². The molecular formula is C24H32N2O4S. The third kappa shape index (κ3) is 5.10. The lowest BCUT2D eigenvalue weighted by Crippen LogP contribution is -2.46. The van der Waals surface area contributed by atoms with Gasteiger partial charge in [-0.3, -0.25) is 4.79 Å². The van der Waals surface area contributed by atoms with Crippen molar-refractivity contribution >= 4 is 15.9 Å². The van der Waals surface area contributed by atoms with Gasteiger partial charge in [0.25, 0.3) is 5.91 Å². The van der Waals surface area contributed by atoms with E-state index in [0.717, 1.165) is 28.0 Å². The number of piperidine rings is 1. The first kappa shape index (κ1) is 23.3. The van der Waals surface area contributed by atoms with Crippen molar-refractivity contribution in [2.45, 2.75) is 58.4 Å². The van der Waals surface area contributed by atoms with Gasteiger partial charge in [-0.25, -0.2) is 13.1 Å². The Morgan fingerprint density at radius 1 is 1.03 bits per heavy atom. The Morgan fingerprint density at radius 3 is 2.10 bits per heavy atom. The highest BCUT2D eigenvalue weighted by molar-refractivity contribution is 7.89. The van der Waals surface area contributed by atoms with E-state index in [4.69, 9.17) is 4.74 Å². The van der Waals surface area contributed by atoms with Crippen LogP contribution in [0.5, 0.6) is 5.75 Å². The molecule has 0 bridgehead atoms. The number of benzene rings is 2. The highest BCUT2D eigenvalue weighted by atomic mass is 32.2. The number of nitrogens with one attached hydrogen (secondary N) is 1. The molecule has 1 aliphatic heterocycles. The molecule has 2 aromatic rings. The van der Waals surface area contributed by atoms with Gasteiger partial charge in [-0.05, 0) is 94.0 Å². The van der Waals surface area contributed by atoms with E-state index in [1.54, 1.807) is 29.2 Å². The number of likely N-dealkylation sites (tertiary alicyclic amines) is 1. The predicted molar refractivity (Wildman–Crippen MR) is 122 cm³/mol. The Balaban J connectivity index is 1.65. The molecule has 1 aliphatic rings. The number of sulfonamides is 1. The minimum atomic E-state index is -3.63. The Labute approximate surface area is 185 Å². The third-order valence-corrected chi connectivity index (χ3v) is 7.88. The first-order chi connectivity index (χ1) is 14.6. The van der Waals surface area contributed by atoms with Crippen LogP contribution >= 0.6 is 0 Å². The Morgan fingerprint density at radius 2 is 1.58 bits per heavy atom. The number of carbonyl (C=O) groups is 1. The molecule has 0 unspecified atom stereocenters. The van der Waals surface area contributed by atoms with Crippen LogP contribution in [0.2, 0.25) is 0 Å². The van der Waals surface area contributed by atoms with E-state index in [1.807, 2.05) is 40.7 Å². The lowest BCUT2D eigenvalue weighted by Gasteiger charge is -2.32. The fraction of sp³-hybridized carbons (Fsp3) is 0.458. The van der Waals surface area contributed by atoms with Gasteiger partial charge in [0, 0.05) is 24.7 Å². The SMILES string of the molecule is CCOc1ccc(C(=O)N2CCC(NS(=O)(=O)c3c(C)c(C)cc(C)c3C)CC2)cc1. The van der Waals surface area contributed by atoms with Gasteiger partial charge in [0.1, 0.15) is 5.75 Å². The van der Waals surface area contributed by atoms with Crippen LogP contribution in [0.15, 0.2) is 35.2 Å². The van der Waals surface area contributed by atoms with Gasteiger partial charge in [-0.15, -0.1) is 0 Å². The van der Waals surface area contributed by atoms with E-state index in [2.05, 4.69) is 4.72 Å². The quantitative estimate of drug-likeness (QED) is 0.733. The summed E-state index contributed by atoms with van der Waals surface area (Å²) in [6, 6.07) is 8.98. The van der Waals surface area contributed by atoms with Gasteiger partial charge in [-0.1, -0.05) is 6.07 Å². The summed E-state index contributed by atoms with van der Waals surface area (Å²) >= 11 is 0. The minimum absolute atomic E-state index is 0.0367. The fourth-order valence-electron chi connectivity index (χ4n) is 4.11. The first-order valence-electron chi connectivity index (χ1n) is 10.8. The molecule has 0 aromatic heterocycles. The van der Waals surface area contributed by atoms with Crippen LogP contribution in [0.3, 0.4) is 0 Å². The second-order valence-electron chi connectivity index (χ2n) is 8.23. The third-order valence-electron chi connectivity index (χ3n) is 6.08. The number of rotatable bonds is 6. The minimum Gasteiger partial charge on any atom is -0.494 e. The van der Waals surface area contributed by atoms with E-state index in [-0.39, 0.29) is 11.9 Å². The van der Waals surface area contributed by atoms with Crippen molar-refractivity contribution < 1.29 is 17.9 Å². The van der Waals surface area contributed by atoms with Crippen LogP contribution in [-0.4, -0.2) is 45.0 Å². The molecule has 6 nitrogen and oxygen atoms in total. The summed E-state index contributed by atoms with van der Waals surface area (Å²) < 4.78 is 34.6. The molecule has 1 amide bonds. The Hall–Kier alpha value is -2.38. The van der Waals surface area contributed by atoms with Crippen molar-refractivity contribution in [1.82, 2.24) is 9.62 Å². The van der Waals surface area contributed by atoms with Crippen molar-refractivity contribution in [3.63, 3.8) is 0 Å². The zero-order chi connectivity index (χ0) is 22.8. The molecular weight excluding hydrogens is 412 g/mol. The molecule has 1 N–H and O–H groups in total. The summed E-state index contributed by atoms with van der Waals surface area (Å²) in [5.74, 6) is 0.703. The number of hydrogen-bond donors (Lipinski definition) is 1. The Kier molecular flexibility index (Phi) is 7.06. The van der Waals surface area contributed by atoms with Crippen LogP contribution < -0.4 is 9.46 Å². The molecule has 0 atom stereocenters. The topological polar surface area (TPSA) is 75.7 Å². The summed E-state index contributed by atoms with van der Waals surface area (Å²) in [5.41, 5.74) is 4.14. The molecule has 3 rings (SSSR count). The maximum atomic E-state index is 13.2. The number of carbonyl (C=O) groups excluding carboxylic acids is 1. The van der Waals surface area contributed by atoms with E-state index in [0.29, 0.717) is 43.0 Å². The van der Waals surface area contributed by atoms with Crippen molar-refractivity contribution in [2.75, 3.05) is 19.7 Å². The number of ether oxygens (including phenoxy) is 1. The van der Waals surface area contributed by atoms with Crippen LogP contribution in [0.4, 0.5) is 0 Å². The molecule has 1 fully saturated rings. The van der Waals surface area contributed by atoms with Crippen LogP contribution in [0.1, 0.15) is 52.4 Å². The second-order valence-corrected chi connectivity index (χ2v) is 9.89. The van der Waals surface area contributed by atoms with E-state index < -0.39 is 10.0 Å². The molecule has 1 saturated heterocycles. The Bertz CT molecular complexity index is 1030. The van der Waals surface area contributed by atoms with E-state index in [1.165, 1.54) is 0 Å². The molecule has 1 heterocycles. The molecule has 31 heavy (non-hydrogen) atoms. The lowest BCUT2D eigenvalue weighted by atomic mass is 10.0. The highest BCUT2D eigenvalue weighted by Crippen LogP contribution is 2.27. The van der Waals surface area contributed by atoms with Gasteiger partial charge in [0.05, 0.1) is 11.5 Å². The number of aryl methyl sites for hydroxylation is 2. The van der Waals surface area contributed by atoms with Crippen LogP contribution in [0.25, 0.3) is 0 Å². The molecule has 0 radical (unpaired) electrons. The summed E-state index contributed by atoms with van der Waals surface area (Å²) in [5, 5.41) is 0. The average Bonchev–Trinajstić information content (AvgIpc) is 2.73. The maximum absolute atomic E-state index is 13.2. The maximum Gasteiger partial charge on any atom is 0.253 e. The number of hydrogen-bond acceptors (Lipinski definition) is 4. The van der Waals surface area contributed by atoms with Gasteiger partial charge in [-0.2, -0.15) is 0 Å². The van der Waals surface area contributed by atoms with Gasteiger partial charge >= 0.3 is 0 Å². The summed E-state index contributed by atoms with van der Waals surface area (Å²) in [4.78, 5) is 15.0. The van der Waals surface area contributed by atoms with Gasteiger partial charge in [0.15, 0.2) is 0 Å². The molecule has 168 valence electrons. The van der Waals surface area contributed by atoms with Crippen molar-refractivity contribution in [3.05, 3.63) is 58.1 Å². The summed E-state index contributed by atoms with van der Waals surface area (Å²) in [6.45, 7) is 11.1. The van der Waals surface area contributed by atoms with Gasteiger partial charge < -0.3 is 9.64 Å². The summed E-state index contributed by atoms with van der Waals surface area (Å²) in [7, 11) is -3.63. The number of nitrogens with zero attached hydrogens (tertiary/aromatic N) is 1. The standard InChI is InChI=1S/C24H32N2O4S/c1-6-30-22-9-7-20(8-10-22)24(27)26-13-11-21(12-14-26)25-31(28,29)23-18(4)16(2)15-17(3)19(23)5/h7-10,15,21,25H,6,11-14H2,1-5H3. The van der Waals surface area contributed by atoms with Crippen molar-refractivity contribution in [2.24, 2.45) is 0 Å². The molecule has 0 saturated carbocycles. The lowest BCUT2D eigenvalue weighted by molar-refractivity contribution is 0.0711. The monoisotopic (exact) mass is 444 g/mol. The zero-order valence-electron chi connectivity index (χ0n) is 19.0. The zero-order valence-corrected chi connectivity index (χ0v) is 19.8. The average molecular weight is 445 g/mol. The van der Waals surface area contributed by atoms with Crippen molar-refractivity contribution in [3.8, 4) is 5.75 Å². The van der Waals surface area contributed by atoms with Gasteiger partial charge in [0.2, 0.25) is 10.0 Å². The second kappa shape index (κ2) is 9.40. The van der Waals surface area contributed by atoms with E-state index >= 15 is 0 Å². The number of amides is 1. The summed E-state index contributed by atoms with van der Waals surface area (Å²) in [6.07, 6.45) is 1.18. The van der Waals surface area contributed by atoms with E-state index in [9.17, 15) is 13.2 Å². The highest BCUT2D eigenvalue weighted by Gasteiger charge is 2.29. The largest absolute Gasteiger partial charge is 0.494 e. The fourth-order valence-corrected chi connectivity index (χ4v) is 6.03. The molecule has 7 heteroatoms. The van der Waals surface area contributed by atoms with Crippen LogP contribution in [0, 0.1) is 27.7 Å².